The molecule has 0 radical (unpaired) electrons. The summed E-state index contributed by atoms with van der Waals surface area (Å²) in [6.07, 6.45) is 0. The van der Waals surface area contributed by atoms with Crippen molar-refractivity contribution in [1.29, 1.82) is 0 Å². The van der Waals surface area contributed by atoms with Crippen molar-refractivity contribution in [3.05, 3.63) is 23.8 Å². The highest BCUT2D eigenvalue weighted by Crippen LogP contribution is 2.26. The molecule has 0 saturated carbocycles. The molecule has 0 spiro atoms. The maximum Gasteiger partial charge on any atom is 0.324 e. The number of rotatable bonds is 4. The zero-order chi connectivity index (χ0) is 14.7. The van der Waals surface area contributed by atoms with Crippen molar-refractivity contribution in [1.82, 2.24) is 10.2 Å². The lowest BCUT2D eigenvalue weighted by molar-refractivity contribution is -0.125. The summed E-state index contributed by atoms with van der Waals surface area (Å²) in [7, 11) is 3.15. The van der Waals surface area contributed by atoms with Gasteiger partial charge in [0.2, 0.25) is 5.91 Å². The summed E-state index contributed by atoms with van der Waals surface area (Å²) >= 11 is 0. The number of amides is 3. The Kier molecular flexibility index (Phi) is 4.12. The number of nitrogens with one attached hydrogen (secondary N) is 1. The van der Waals surface area contributed by atoms with Crippen LogP contribution in [-0.4, -0.2) is 37.6 Å². The van der Waals surface area contributed by atoms with E-state index in [1.54, 1.807) is 32.1 Å². The highest BCUT2D eigenvalue weighted by molar-refractivity contribution is 5.97. The Morgan fingerprint density at radius 3 is 2.70 bits per heavy atom. The summed E-state index contributed by atoms with van der Waals surface area (Å²) in [4.78, 5) is 24.8. The molecule has 6 nitrogen and oxygen atoms in total. The van der Waals surface area contributed by atoms with Crippen molar-refractivity contribution in [2.75, 3.05) is 20.8 Å². The summed E-state index contributed by atoms with van der Waals surface area (Å²) in [6.45, 7) is 2.58. The molecule has 1 heterocycles. The van der Waals surface area contributed by atoms with Crippen LogP contribution in [0.4, 0.5) is 4.79 Å². The average Bonchev–Trinajstić information content (AvgIpc) is 2.45. The van der Waals surface area contributed by atoms with Crippen molar-refractivity contribution in [2.24, 2.45) is 5.92 Å². The second kappa shape index (κ2) is 5.81. The molecule has 1 N–H and O–H groups in total. The zero-order valence-corrected chi connectivity index (χ0v) is 11.8. The third-order valence-electron chi connectivity index (χ3n) is 3.31. The SMILES string of the molecule is COc1ccc(CN2CC(C)C(=O)NC2=O)c(OC)c1. The Labute approximate surface area is 117 Å². The van der Waals surface area contributed by atoms with Crippen molar-refractivity contribution in [3.8, 4) is 11.5 Å². The molecule has 6 heteroatoms. The predicted molar refractivity (Wildman–Crippen MR) is 72.7 cm³/mol. The topological polar surface area (TPSA) is 67.9 Å². The van der Waals surface area contributed by atoms with E-state index in [2.05, 4.69) is 5.32 Å². The first-order valence-corrected chi connectivity index (χ1v) is 6.35. The normalized spacial score (nSPS) is 18.8. The van der Waals surface area contributed by atoms with E-state index >= 15 is 0 Å². The van der Waals surface area contributed by atoms with Gasteiger partial charge in [-0.25, -0.2) is 4.79 Å². The number of ether oxygens (including phenoxy) is 2. The third kappa shape index (κ3) is 2.84. The maximum absolute atomic E-state index is 11.8. The van der Waals surface area contributed by atoms with Crippen molar-refractivity contribution in [2.45, 2.75) is 13.5 Å². The van der Waals surface area contributed by atoms with E-state index in [0.717, 1.165) is 5.56 Å². The Morgan fingerprint density at radius 1 is 1.30 bits per heavy atom. The molecule has 2 rings (SSSR count). The molecular weight excluding hydrogens is 260 g/mol. The molecule has 1 aliphatic heterocycles. The molecule has 1 saturated heterocycles. The van der Waals surface area contributed by atoms with E-state index in [-0.39, 0.29) is 17.9 Å². The van der Waals surface area contributed by atoms with E-state index in [9.17, 15) is 9.59 Å². The largest absolute Gasteiger partial charge is 0.497 e. The van der Waals surface area contributed by atoms with Gasteiger partial charge in [-0.15, -0.1) is 0 Å². The predicted octanol–water partition coefficient (Wildman–Crippen LogP) is 1.39. The Balaban J connectivity index is 2.17. The first kappa shape index (κ1) is 14.2. The first-order valence-electron chi connectivity index (χ1n) is 6.35. The fraction of sp³-hybridized carbons (Fsp3) is 0.429. The molecule has 1 aliphatic rings. The van der Waals surface area contributed by atoms with Gasteiger partial charge < -0.3 is 14.4 Å². The summed E-state index contributed by atoms with van der Waals surface area (Å²) in [6, 6.07) is 5.07. The second-order valence-corrected chi connectivity index (χ2v) is 4.75. The molecule has 3 amide bonds. The van der Waals surface area contributed by atoms with Gasteiger partial charge in [0.05, 0.1) is 26.7 Å². The van der Waals surface area contributed by atoms with Gasteiger partial charge in [-0.1, -0.05) is 6.92 Å². The monoisotopic (exact) mass is 278 g/mol. The minimum atomic E-state index is -0.369. The molecule has 1 aromatic carbocycles. The zero-order valence-electron chi connectivity index (χ0n) is 11.8. The Morgan fingerprint density at radius 2 is 2.05 bits per heavy atom. The average molecular weight is 278 g/mol. The number of hydrogen-bond donors (Lipinski definition) is 1. The van der Waals surface area contributed by atoms with E-state index in [4.69, 9.17) is 9.47 Å². The van der Waals surface area contributed by atoms with Crippen LogP contribution in [0.3, 0.4) is 0 Å². The van der Waals surface area contributed by atoms with Crippen LogP contribution in [0, 0.1) is 5.92 Å². The summed E-state index contributed by atoms with van der Waals surface area (Å²) in [5, 5.41) is 2.34. The van der Waals surface area contributed by atoms with Gasteiger partial charge in [0.15, 0.2) is 0 Å². The van der Waals surface area contributed by atoms with Crippen LogP contribution in [0.25, 0.3) is 0 Å². The number of methoxy groups -OCH3 is 2. The van der Waals surface area contributed by atoms with Crippen LogP contribution in [0.5, 0.6) is 11.5 Å². The number of urea groups is 1. The van der Waals surface area contributed by atoms with Gasteiger partial charge >= 0.3 is 6.03 Å². The van der Waals surface area contributed by atoms with Gasteiger partial charge in [0.1, 0.15) is 11.5 Å². The van der Waals surface area contributed by atoms with Crippen molar-refractivity contribution in [3.63, 3.8) is 0 Å². The third-order valence-corrected chi connectivity index (χ3v) is 3.31. The first-order chi connectivity index (χ1) is 9.55. The number of nitrogens with zero attached hydrogens (tertiary/aromatic N) is 1. The fourth-order valence-electron chi connectivity index (χ4n) is 2.13. The van der Waals surface area contributed by atoms with Crippen molar-refractivity contribution >= 4 is 11.9 Å². The van der Waals surface area contributed by atoms with Gasteiger partial charge in [-0.05, 0) is 12.1 Å². The summed E-state index contributed by atoms with van der Waals surface area (Å²) in [5.74, 6) is 0.906. The molecule has 108 valence electrons. The summed E-state index contributed by atoms with van der Waals surface area (Å²) < 4.78 is 10.4. The van der Waals surface area contributed by atoms with E-state index in [1.807, 2.05) is 12.1 Å². The minimum Gasteiger partial charge on any atom is -0.497 e. The van der Waals surface area contributed by atoms with Crippen LogP contribution < -0.4 is 14.8 Å². The van der Waals surface area contributed by atoms with Crippen LogP contribution in [0.1, 0.15) is 12.5 Å². The number of carbonyl (C=O) groups excluding carboxylic acids is 2. The van der Waals surface area contributed by atoms with Crippen molar-refractivity contribution < 1.29 is 19.1 Å². The fourth-order valence-corrected chi connectivity index (χ4v) is 2.13. The standard InChI is InChI=1S/C14H18N2O4/c1-9-7-16(14(18)15-13(9)17)8-10-4-5-11(19-2)6-12(10)20-3/h4-6,9H,7-8H2,1-3H3,(H,15,17,18). The van der Waals surface area contributed by atoms with Crippen LogP contribution >= 0.6 is 0 Å². The molecule has 1 aromatic rings. The molecule has 0 aromatic heterocycles. The Hall–Kier alpha value is -2.24. The molecule has 1 unspecified atom stereocenters. The van der Waals surface area contributed by atoms with Gasteiger partial charge in [0.25, 0.3) is 0 Å². The molecule has 1 fully saturated rings. The van der Waals surface area contributed by atoms with Crippen LogP contribution in [0.15, 0.2) is 18.2 Å². The van der Waals surface area contributed by atoms with Crippen LogP contribution in [-0.2, 0) is 11.3 Å². The van der Waals surface area contributed by atoms with Crippen LogP contribution in [0.2, 0.25) is 0 Å². The molecule has 0 bridgehead atoms. The van der Waals surface area contributed by atoms with E-state index < -0.39 is 0 Å². The van der Waals surface area contributed by atoms with E-state index in [0.29, 0.717) is 24.6 Å². The molecule has 20 heavy (non-hydrogen) atoms. The molecule has 0 aliphatic carbocycles. The number of carbonyl (C=O) groups is 2. The maximum atomic E-state index is 11.8. The molecule has 1 atom stereocenters. The van der Waals surface area contributed by atoms with Gasteiger partial charge in [0, 0.05) is 18.2 Å². The Bertz CT molecular complexity index is 530. The lowest BCUT2D eigenvalue weighted by atomic mass is 10.1. The highest BCUT2D eigenvalue weighted by atomic mass is 16.5. The van der Waals surface area contributed by atoms with Gasteiger partial charge in [-0.3, -0.25) is 10.1 Å². The van der Waals surface area contributed by atoms with E-state index in [1.165, 1.54) is 0 Å². The number of benzene rings is 1. The lowest BCUT2D eigenvalue weighted by Gasteiger charge is -2.30. The highest BCUT2D eigenvalue weighted by Gasteiger charge is 2.29. The quantitative estimate of drug-likeness (QED) is 0.903. The van der Waals surface area contributed by atoms with Gasteiger partial charge in [-0.2, -0.15) is 0 Å². The summed E-state index contributed by atoms with van der Waals surface area (Å²) in [5.41, 5.74) is 0.866. The molecular formula is C14H18N2O4. The lowest BCUT2D eigenvalue weighted by Crippen LogP contribution is -2.53. The second-order valence-electron chi connectivity index (χ2n) is 4.75. The number of imide groups is 1. The smallest absolute Gasteiger partial charge is 0.324 e. The number of hydrogen-bond acceptors (Lipinski definition) is 4. The minimum absolute atomic E-state index is 0.211.